The average Bonchev–Trinajstić information content (AvgIpc) is 3.34. The van der Waals surface area contributed by atoms with E-state index in [1.807, 2.05) is 20.9 Å². The Balaban J connectivity index is 1.63. The molecule has 4 rings (SSSR count). The van der Waals surface area contributed by atoms with Crippen molar-refractivity contribution in [1.82, 2.24) is 24.8 Å². The molecule has 0 radical (unpaired) electrons. The van der Waals surface area contributed by atoms with Gasteiger partial charge in [0.15, 0.2) is 0 Å². The number of benzene rings is 2. The van der Waals surface area contributed by atoms with E-state index in [2.05, 4.69) is 20.7 Å². The van der Waals surface area contributed by atoms with Crippen molar-refractivity contribution in [1.29, 1.82) is 0 Å². The first kappa shape index (κ1) is 22.1. The van der Waals surface area contributed by atoms with Crippen LogP contribution in [0.3, 0.4) is 0 Å². The maximum Gasteiger partial charge on any atom is 0.416 e. The molecule has 0 spiro atoms. The number of nitrogens with one attached hydrogen (secondary N) is 1. The Morgan fingerprint density at radius 2 is 1.88 bits per heavy atom. The van der Waals surface area contributed by atoms with Gasteiger partial charge in [0, 0.05) is 35.2 Å². The van der Waals surface area contributed by atoms with Crippen LogP contribution in [-0.4, -0.2) is 30.7 Å². The van der Waals surface area contributed by atoms with Crippen molar-refractivity contribution in [3.05, 3.63) is 71.2 Å². The van der Waals surface area contributed by atoms with Crippen LogP contribution in [0, 0.1) is 13.8 Å². The fraction of sp³-hybridized carbons (Fsp3) is 0.182. The number of halogens is 3. The molecule has 0 aliphatic heterocycles. The number of hydrogen-bond donors (Lipinski definition) is 2. The second-order valence-electron chi connectivity index (χ2n) is 7.61. The van der Waals surface area contributed by atoms with Crippen molar-refractivity contribution in [2.45, 2.75) is 20.0 Å². The van der Waals surface area contributed by atoms with Crippen LogP contribution in [0.25, 0.3) is 16.9 Å². The minimum Gasteiger partial charge on any atom is -0.399 e. The zero-order valence-electron chi connectivity index (χ0n) is 18.0. The number of hydrogen-bond acceptors (Lipinski definition) is 5. The molecule has 0 bridgehead atoms. The van der Waals surface area contributed by atoms with Gasteiger partial charge >= 0.3 is 6.18 Å². The van der Waals surface area contributed by atoms with Crippen LogP contribution < -0.4 is 11.1 Å². The van der Waals surface area contributed by atoms with Gasteiger partial charge in [0.05, 0.1) is 23.6 Å². The van der Waals surface area contributed by atoms with Gasteiger partial charge in [-0.2, -0.15) is 18.3 Å². The van der Waals surface area contributed by atoms with Crippen molar-refractivity contribution in [2.24, 2.45) is 7.05 Å². The van der Waals surface area contributed by atoms with Crippen LogP contribution in [-0.2, 0) is 13.2 Å². The zero-order valence-corrected chi connectivity index (χ0v) is 18.0. The Hall–Kier alpha value is -4.15. The molecule has 11 heteroatoms. The number of aryl methyl sites for hydroxylation is 2. The monoisotopic (exact) mass is 455 g/mol. The Bertz CT molecular complexity index is 1350. The Labute approximate surface area is 186 Å². The molecule has 0 aliphatic rings. The largest absolute Gasteiger partial charge is 0.416 e. The van der Waals surface area contributed by atoms with E-state index in [9.17, 15) is 18.0 Å². The molecular formula is C22H20F3N7O. The molecular weight excluding hydrogens is 435 g/mol. The lowest BCUT2D eigenvalue weighted by Crippen LogP contribution is -2.14. The fourth-order valence-corrected chi connectivity index (χ4v) is 3.34. The molecule has 2 aromatic carbocycles. The van der Waals surface area contributed by atoms with Gasteiger partial charge in [-0.25, -0.2) is 4.68 Å². The smallest absolute Gasteiger partial charge is 0.399 e. The first-order valence-electron chi connectivity index (χ1n) is 9.84. The van der Waals surface area contributed by atoms with E-state index in [0.717, 1.165) is 29.0 Å². The summed E-state index contributed by atoms with van der Waals surface area (Å²) in [6, 6.07) is 7.81. The van der Waals surface area contributed by atoms with Crippen molar-refractivity contribution >= 4 is 17.3 Å². The van der Waals surface area contributed by atoms with Crippen LogP contribution in [0.5, 0.6) is 0 Å². The number of amides is 1. The standard InChI is InChI=1S/C22H20F3N7O/c1-12-4-5-14(21(33)28-17-8-15(22(23,24)25)7-16(26)9-17)6-20(12)32-11-19(29-30-32)18-10-27-31(3)13(18)2/h4-11H,26H2,1-3H3,(H,28,33). The lowest BCUT2D eigenvalue weighted by Gasteiger charge is -2.12. The van der Waals surface area contributed by atoms with Crippen molar-refractivity contribution in [3.63, 3.8) is 0 Å². The van der Waals surface area contributed by atoms with E-state index in [1.165, 1.54) is 10.7 Å². The van der Waals surface area contributed by atoms with Gasteiger partial charge in [-0.3, -0.25) is 9.48 Å². The van der Waals surface area contributed by atoms with Gasteiger partial charge in [0.1, 0.15) is 5.69 Å². The molecule has 0 saturated heterocycles. The summed E-state index contributed by atoms with van der Waals surface area (Å²) in [5.74, 6) is -0.585. The topological polar surface area (TPSA) is 104 Å². The number of alkyl halides is 3. The van der Waals surface area contributed by atoms with Crippen LogP contribution in [0.15, 0.2) is 48.8 Å². The van der Waals surface area contributed by atoms with Crippen LogP contribution in [0.4, 0.5) is 24.5 Å². The van der Waals surface area contributed by atoms with Crippen LogP contribution >= 0.6 is 0 Å². The summed E-state index contributed by atoms with van der Waals surface area (Å²) < 4.78 is 42.4. The van der Waals surface area contributed by atoms with Gasteiger partial charge in [-0.15, -0.1) is 5.10 Å². The molecule has 0 fully saturated rings. The predicted octanol–water partition coefficient (Wildman–Crippen LogP) is 4.14. The summed E-state index contributed by atoms with van der Waals surface area (Å²) in [5.41, 5.74) is 8.52. The summed E-state index contributed by atoms with van der Waals surface area (Å²) in [7, 11) is 1.83. The van der Waals surface area contributed by atoms with Gasteiger partial charge in [-0.1, -0.05) is 11.3 Å². The van der Waals surface area contributed by atoms with Crippen molar-refractivity contribution in [3.8, 4) is 16.9 Å². The van der Waals surface area contributed by atoms with Gasteiger partial charge in [0.25, 0.3) is 5.91 Å². The molecule has 0 aliphatic carbocycles. The molecule has 33 heavy (non-hydrogen) atoms. The Morgan fingerprint density at radius 3 is 2.55 bits per heavy atom. The first-order chi connectivity index (χ1) is 15.5. The molecule has 3 N–H and O–H groups in total. The SMILES string of the molecule is Cc1ccc(C(=O)Nc2cc(N)cc(C(F)(F)F)c2)cc1-n1cc(-c2cnn(C)c2C)nn1. The van der Waals surface area contributed by atoms with Gasteiger partial charge in [-0.05, 0) is 49.7 Å². The van der Waals surface area contributed by atoms with Crippen LogP contribution in [0.1, 0.15) is 27.2 Å². The molecule has 0 atom stereocenters. The molecule has 4 aromatic rings. The minimum atomic E-state index is -4.58. The number of nitrogens with two attached hydrogens (primary N) is 1. The fourth-order valence-electron chi connectivity index (χ4n) is 3.34. The minimum absolute atomic E-state index is 0.0513. The number of anilines is 2. The van der Waals surface area contributed by atoms with E-state index in [-0.39, 0.29) is 16.9 Å². The number of nitrogen functional groups attached to an aromatic ring is 1. The average molecular weight is 455 g/mol. The number of carbonyl (C=O) groups excluding carboxylic acids is 1. The summed E-state index contributed by atoms with van der Waals surface area (Å²) in [6.45, 7) is 3.76. The highest BCUT2D eigenvalue weighted by molar-refractivity contribution is 6.05. The predicted molar refractivity (Wildman–Crippen MR) is 117 cm³/mol. The highest BCUT2D eigenvalue weighted by atomic mass is 19.4. The normalized spacial score (nSPS) is 11.6. The second-order valence-corrected chi connectivity index (χ2v) is 7.61. The van der Waals surface area contributed by atoms with E-state index in [1.54, 1.807) is 35.3 Å². The van der Waals surface area contributed by atoms with E-state index < -0.39 is 17.6 Å². The first-order valence-corrected chi connectivity index (χ1v) is 9.84. The van der Waals surface area contributed by atoms with Gasteiger partial charge < -0.3 is 11.1 Å². The third kappa shape index (κ3) is 4.43. The third-order valence-electron chi connectivity index (χ3n) is 5.26. The summed E-state index contributed by atoms with van der Waals surface area (Å²) >= 11 is 0. The summed E-state index contributed by atoms with van der Waals surface area (Å²) in [6.07, 6.45) is -1.16. The molecule has 0 unspecified atom stereocenters. The maximum atomic E-state index is 13.1. The lowest BCUT2D eigenvalue weighted by molar-refractivity contribution is -0.137. The second kappa shape index (κ2) is 8.08. The van der Waals surface area contributed by atoms with Gasteiger partial charge in [0.2, 0.25) is 0 Å². The molecule has 2 aromatic heterocycles. The van der Waals surface area contributed by atoms with Crippen molar-refractivity contribution < 1.29 is 18.0 Å². The molecule has 1 amide bonds. The quantitative estimate of drug-likeness (QED) is 0.450. The highest BCUT2D eigenvalue weighted by Gasteiger charge is 2.31. The summed E-state index contributed by atoms with van der Waals surface area (Å²) in [4.78, 5) is 12.8. The number of rotatable bonds is 4. The molecule has 8 nitrogen and oxygen atoms in total. The number of carbonyl (C=O) groups is 1. The Morgan fingerprint density at radius 1 is 1.12 bits per heavy atom. The summed E-state index contributed by atoms with van der Waals surface area (Å²) in [5, 5.41) is 15.0. The maximum absolute atomic E-state index is 13.1. The lowest BCUT2D eigenvalue weighted by atomic mass is 10.1. The molecule has 170 valence electrons. The molecule has 0 saturated carbocycles. The van der Waals surface area contributed by atoms with E-state index in [0.29, 0.717) is 11.4 Å². The van der Waals surface area contributed by atoms with Crippen molar-refractivity contribution in [2.75, 3.05) is 11.1 Å². The number of aromatic nitrogens is 5. The van der Waals surface area contributed by atoms with E-state index in [4.69, 9.17) is 5.73 Å². The zero-order chi connectivity index (χ0) is 23.9. The van der Waals surface area contributed by atoms with Crippen LogP contribution in [0.2, 0.25) is 0 Å². The number of nitrogens with zero attached hydrogens (tertiary/aromatic N) is 5. The molecule has 2 heterocycles. The van der Waals surface area contributed by atoms with E-state index >= 15 is 0 Å². The Kier molecular flexibility index (Phi) is 5.40. The highest BCUT2D eigenvalue weighted by Crippen LogP contribution is 2.33. The third-order valence-corrected chi connectivity index (χ3v) is 5.26.